The third-order valence-corrected chi connectivity index (χ3v) is 5.98. The number of rotatable bonds is 6. The predicted octanol–water partition coefficient (Wildman–Crippen LogP) is 3.66. The molecule has 1 saturated heterocycles. The van der Waals surface area contributed by atoms with E-state index < -0.39 is 5.60 Å². The van der Waals surface area contributed by atoms with E-state index in [0.29, 0.717) is 37.2 Å². The third kappa shape index (κ3) is 5.46. The number of amides is 2. The lowest BCUT2D eigenvalue weighted by molar-refractivity contribution is -0.117. The number of pyridine rings is 1. The molecule has 3 aromatic rings. The number of nitrogens with one attached hydrogen (secondary N) is 1. The van der Waals surface area contributed by atoms with Crippen LogP contribution in [0, 0.1) is 12.8 Å². The first-order chi connectivity index (χ1) is 17.2. The van der Waals surface area contributed by atoms with Gasteiger partial charge < -0.3 is 29.0 Å². The SMILES string of the molecule is Cc1onc(OC[C@@H]2CN(C(=O)OC(C)(C)C)CCO2)c1-c1ccn2nc(NC(=O)C3CC3)cc2c1. The second kappa shape index (κ2) is 9.45. The van der Waals surface area contributed by atoms with Gasteiger partial charge in [0.1, 0.15) is 24.1 Å². The molecule has 0 spiro atoms. The Balaban J connectivity index is 1.26. The van der Waals surface area contributed by atoms with Gasteiger partial charge in [0.2, 0.25) is 5.91 Å². The molecule has 11 nitrogen and oxygen atoms in total. The molecule has 192 valence electrons. The van der Waals surface area contributed by atoms with Crippen LogP contribution >= 0.6 is 0 Å². The van der Waals surface area contributed by atoms with Crippen LogP contribution in [-0.4, -0.2) is 69.7 Å². The zero-order valence-electron chi connectivity index (χ0n) is 20.9. The van der Waals surface area contributed by atoms with Gasteiger partial charge in [-0.05, 0) is 63.4 Å². The molecule has 2 amide bonds. The van der Waals surface area contributed by atoms with Gasteiger partial charge in [0.25, 0.3) is 5.88 Å². The second-order valence-corrected chi connectivity index (χ2v) is 10.2. The molecule has 36 heavy (non-hydrogen) atoms. The van der Waals surface area contributed by atoms with Crippen LogP contribution < -0.4 is 10.1 Å². The van der Waals surface area contributed by atoms with Gasteiger partial charge in [-0.15, -0.1) is 0 Å². The molecule has 5 rings (SSSR count). The van der Waals surface area contributed by atoms with Crippen molar-refractivity contribution < 1.29 is 28.3 Å². The summed E-state index contributed by atoms with van der Waals surface area (Å²) in [5.41, 5.74) is 1.82. The maximum Gasteiger partial charge on any atom is 0.410 e. The fourth-order valence-electron chi connectivity index (χ4n) is 4.05. The maximum atomic E-state index is 12.4. The van der Waals surface area contributed by atoms with Crippen LogP contribution in [0.25, 0.3) is 16.6 Å². The smallest absolute Gasteiger partial charge is 0.410 e. The molecule has 1 saturated carbocycles. The number of carbonyl (C=O) groups excluding carboxylic acids is 2. The van der Waals surface area contributed by atoms with Crippen molar-refractivity contribution in [1.82, 2.24) is 19.7 Å². The highest BCUT2D eigenvalue weighted by atomic mass is 16.6. The van der Waals surface area contributed by atoms with Crippen molar-refractivity contribution >= 4 is 23.3 Å². The normalized spacial score (nSPS) is 18.3. The zero-order valence-corrected chi connectivity index (χ0v) is 20.9. The van der Waals surface area contributed by atoms with E-state index in [1.165, 1.54) is 0 Å². The Hall–Kier alpha value is -3.60. The van der Waals surface area contributed by atoms with Gasteiger partial charge >= 0.3 is 6.09 Å². The Morgan fingerprint density at radius 2 is 2.06 bits per heavy atom. The average Bonchev–Trinajstić information content (AvgIpc) is 3.50. The molecule has 0 bridgehead atoms. The lowest BCUT2D eigenvalue weighted by Crippen LogP contribution is -2.49. The molecule has 1 atom stereocenters. The molecule has 11 heteroatoms. The van der Waals surface area contributed by atoms with Crippen molar-refractivity contribution in [2.24, 2.45) is 5.92 Å². The number of carbonyl (C=O) groups is 2. The summed E-state index contributed by atoms with van der Waals surface area (Å²) in [6.07, 6.45) is 2.99. The molecule has 1 aliphatic heterocycles. The molecule has 0 unspecified atom stereocenters. The average molecular weight is 498 g/mol. The highest BCUT2D eigenvalue weighted by molar-refractivity contribution is 5.93. The topological polar surface area (TPSA) is 120 Å². The molecule has 2 aliphatic rings. The number of hydrogen-bond acceptors (Lipinski definition) is 8. The van der Waals surface area contributed by atoms with Gasteiger partial charge in [-0.1, -0.05) is 0 Å². The number of morpholine rings is 1. The van der Waals surface area contributed by atoms with E-state index in [-0.39, 0.29) is 30.6 Å². The summed E-state index contributed by atoms with van der Waals surface area (Å²) in [6.45, 7) is 8.76. The summed E-state index contributed by atoms with van der Waals surface area (Å²) in [7, 11) is 0. The van der Waals surface area contributed by atoms with E-state index in [1.54, 1.807) is 9.42 Å². The number of hydrogen-bond donors (Lipinski definition) is 1. The summed E-state index contributed by atoms with van der Waals surface area (Å²) in [6, 6.07) is 5.65. The number of fused-ring (bicyclic) bond motifs is 1. The summed E-state index contributed by atoms with van der Waals surface area (Å²) >= 11 is 0. The van der Waals surface area contributed by atoms with Crippen LogP contribution in [0.1, 0.15) is 39.4 Å². The molecular formula is C25H31N5O6. The first-order valence-corrected chi connectivity index (χ1v) is 12.2. The molecule has 4 heterocycles. The highest BCUT2D eigenvalue weighted by Crippen LogP contribution is 2.34. The Morgan fingerprint density at radius 1 is 1.25 bits per heavy atom. The Morgan fingerprint density at radius 3 is 2.81 bits per heavy atom. The zero-order chi connectivity index (χ0) is 25.4. The number of aryl methyl sites for hydroxylation is 1. The first-order valence-electron chi connectivity index (χ1n) is 12.2. The van der Waals surface area contributed by atoms with Crippen molar-refractivity contribution in [2.45, 2.75) is 52.2 Å². The standard InChI is InChI=1S/C25H31N5O6/c1-15-21(17-7-8-30-18(11-17)12-20(27-30)26-22(31)16-5-6-16)23(28-36-15)34-14-19-13-29(9-10-33-19)24(32)35-25(2,3)4/h7-8,11-12,16,19H,5-6,9-10,13-14H2,1-4H3,(H,26,27,31)/t19-/m0/s1. The van der Waals surface area contributed by atoms with E-state index >= 15 is 0 Å². The van der Waals surface area contributed by atoms with Crippen LogP contribution in [0.2, 0.25) is 0 Å². The van der Waals surface area contributed by atoms with Crippen molar-refractivity contribution in [2.75, 3.05) is 31.6 Å². The lowest BCUT2D eigenvalue weighted by atomic mass is 10.1. The Labute approximate surface area is 208 Å². The van der Waals surface area contributed by atoms with Crippen LogP contribution in [-0.2, 0) is 14.3 Å². The number of nitrogens with zero attached hydrogens (tertiary/aromatic N) is 4. The van der Waals surface area contributed by atoms with E-state index in [9.17, 15) is 9.59 Å². The van der Waals surface area contributed by atoms with Crippen molar-refractivity contribution in [3.05, 3.63) is 30.2 Å². The van der Waals surface area contributed by atoms with Gasteiger partial charge in [0.15, 0.2) is 5.82 Å². The van der Waals surface area contributed by atoms with E-state index in [1.807, 2.05) is 52.1 Å². The van der Waals surface area contributed by atoms with Crippen LogP contribution in [0.4, 0.5) is 10.6 Å². The van der Waals surface area contributed by atoms with Crippen LogP contribution in [0.15, 0.2) is 28.9 Å². The van der Waals surface area contributed by atoms with Gasteiger partial charge in [0.05, 0.1) is 24.2 Å². The number of aromatic nitrogens is 3. The number of ether oxygens (including phenoxy) is 3. The van der Waals surface area contributed by atoms with Crippen molar-refractivity contribution in [1.29, 1.82) is 0 Å². The minimum atomic E-state index is -0.561. The summed E-state index contributed by atoms with van der Waals surface area (Å²) in [5.74, 6) is 1.59. The van der Waals surface area contributed by atoms with Gasteiger partial charge in [-0.25, -0.2) is 9.31 Å². The quantitative estimate of drug-likeness (QED) is 0.548. The monoisotopic (exact) mass is 497 g/mol. The van der Waals surface area contributed by atoms with Crippen LogP contribution in [0.5, 0.6) is 5.88 Å². The largest absolute Gasteiger partial charge is 0.472 e. The maximum absolute atomic E-state index is 12.4. The van der Waals surface area contributed by atoms with Gasteiger partial charge in [0, 0.05) is 24.7 Å². The Kier molecular flexibility index (Phi) is 6.33. The first kappa shape index (κ1) is 24.1. The van der Waals surface area contributed by atoms with Crippen molar-refractivity contribution in [3.8, 4) is 17.0 Å². The highest BCUT2D eigenvalue weighted by Gasteiger charge is 2.31. The van der Waals surface area contributed by atoms with E-state index in [0.717, 1.165) is 29.5 Å². The van der Waals surface area contributed by atoms with E-state index in [4.69, 9.17) is 18.7 Å². The van der Waals surface area contributed by atoms with E-state index in [2.05, 4.69) is 15.6 Å². The van der Waals surface area contributed by atoms with Crippen LogP contribution in [0.3, 0.4) is 0 Å². The Bertz CT molecular complexity index is 1270. The van der Waals surface area contributed by atoms with Gasteiger partial charge in [-0.2, -0.15) is 5.10 Å². The molecule has 1 aliphatic carbocycles. The summed E-state index contributed by atoms with van der Waals surface area (Å²) in [4.78, 5) is 26.1. The fourth-order valence-corrected chi connectivity index (χ4v) is 4.05. The third-order valence-electron chi connectivity index (χ3n) is 5.98. The van der Waals surface area contributed by atoms with Gasteiger partial charge in [-0.3, -0.25) is 4.79 Å². The molecule has 0 radical (unpaired) electrons. The molecule has 2 fully saturated rings. The minimum Gasteiger partial charge on any atom is -0.472 e. The fraction of sp³-hybridized carbons (Fsp3) is 0.520. The predicted molar refractivity (Wildman–Crippen MR) is 130 cm³/mol. The summed E-state index contributed by atoms with van der Waals surface area (Å²) < 4.78 is 24.4. The molecular weight excluding hydrogens is 466 g/mol. The molecule has 3 aromatic heterocycles. The lowest BCUT2D eigenvalue weighted by Gasteiger charge is -2.33. The summed E-state index contributed by atoms with van der Waals surface area (Å²) in [5, 5.41) is 11.4. The molecule has 0 aromatic carbocycles. The minimum absolute atomic E-state index is 0.0133. The number of anilines is 1. The van der Waals surface area contributed by atoms with Crippen molar-refractivity contribution in [3.63, 3.8) is 0 Å². The molecule has 1 N–H and O–H groups in total. The second-order valence-electron chi connectivity index (χ2n) is 10.2.